The zero-order chi connectivity index (χ0) is 13.0. The van der Waals surface area contributed by atoms with Gasteiger partial charge in [-0.2, -0.15) is 0 Å². The van der Waals surface area contributed by atoms with Gasteiger partial charge in [0.2, 0.25) is 5.91 Å². The summed E-state index contributed by atoms with van der Waals surface area (Å²) in [4.78, 5) is 11.1. The zero-order valence-electron chi connectivity index (χ0n) is 9.84. The molecule has 0 bridgehead atoms. The molecular weight excluding hydrogens is 259 g/mol. The highest BCUT2D eigenvalue weighted by Gasteiger charge is 2.17. The number of amides is 1. The SMILES string of the molecule is CCC(NC(C)c1ccc(Cl)cc1Cl)C(N)=O. The Morgan fingerprint density at radius 2 is 2.12 bits per heavy atom. The molecule has 2 atom stereocenters. The second-order valence-electron chi connectivity index (χ2n) is 3.92. The molecule has 0 radical (unpaired) electrons. The van der Waals surface area contributed by atoms with Crippen molar-refractivity contribution in [3.8, 4) is 0 Å². The molecule has 0 aliphatic rings. The molecule has 17 heavy (non-hydrogen) atoms. The van der Waals surface area contributed by atoms with Crippen molar-refractivity contribution in [2.24, 2.45) is 5.73 Å². The number of hydrogen-bond acceptors (Lipinski definition) is 2. The largest absolute Gasteiger partial charge is 0.368 e. The van der Waals surface area contributed by atoms with E-state index in [0.29, 0.717) is 16.5 Å². The van der Waals surface area contributed by atoms with E-state index in [1.807, 2.05) is 19.9 Å². The molecule has 0 aliphatic carbocycles. The number of hydrogen-bond donors (Lipinski definition) is 2. The fourth-order valence-electron chi connectivity index (χ4n) is 1.65. The van der Waals surface area contributed by atoms with Crippen LogP contribution >= 0.6 is 23.2 Å². The van der Waals surface area contributed by atoms with Crippen LogP contribution in [0.2, 0.25) is 10.0 Å². The predicted molar refractivity (Wildman–Crippen MR) is 71.3 cm³/mol. The first-order valence-corrected chi connectivity index (χ1v) is 6.21. The first kappa shape index (κ1) is 14.3. The van der Waals surface area contributed by atoms with E-state index in [2.05, 4.69) is 5.32 Å². The molecule has 94 valence electrons. The van der Waals surface area contributed by atoms with E-state index in [1.54, 1.807) is 12.1 Å². The average Bonchev–Trinajstić information content (AvgIpc) is 2.24. The minimum absolute atomic E-state index is 0.0581. The molecule has 0 aliphatic heterocycles. The topological polar surface area (TPSA) is 55.1 Å². The standard InChI is InChI=1S/C12H16Cl2N2O/c1-3-11(12(15)17)16-7(2)9-5-4-8(13)6-10(9)14/h4-7,11,16H,3H2,1-2H3,(H2,15,17). The highest BCUT2D eigenvalue weighted by atomic mass is 35.5. The molecule has 3 N–H and O–H groups in total. The molecule has 0 heterocycles. The summed E-state index contributed by atoms with van der Waals surface area (Å²) in [6.07, 6.45) is 0.644. The molecule has 1 rings (SSSR count). The Kier molecular flexibility index (Phi) is 5.25. The summed E-state index contributed by atoms with van der Waals surface area (Å²) in [5, 5.41) is 4.31. The summed E-state index contributed by atoms with van der Waals surface area (Å²) < 4.78 is 0. The smallest absolute Gasteiger partial charge is 0.234 e. The maximum atomic E-state index is 11.1. The number of halogens is 2. The Morgan fingerprint density at radius 1 is 1.47 bits per heavy atom. The molecule has 2 unspecified atom stereocenters. The molecular formula is C12H16Cl2N2O. The van der Waals surface area contributed by atoms with Crippen molar-refractivity contribution in [1.29, 1.82) is 0 Å². The van der Waals surface area contributed by atoms with E-state index in [-0.39, 0.29) is 18.0 Å². The molecule has 1 aromatic carbocycles. The number of carbonyl (C=O) groups excluding carboxylic acids is 1. The minimum Gasteiger partial charge on any atom is -0.368 e. The van der Waals surface area contributed by atoms with Gasteiger partial charge in [0, 0.05) is 16.1 Å². The van der Waals surface area contributed by atoms with Gasteiger partial charge in [-0.1, -0.05) is 36.2 Å². The zero-order valence-corrected chi connectivity index (χ0v) is 11.3. The molecule has 0 saturated heterocycles. The average molecular weight is 275 g/mol. The maximum absolute atomic E-state index is 11.1. The van der Waals surface area contributed by atoms with Crippen molar-refractivity contribution in [2.75, 3.05) is 0 Å². The molecule has 0 saturated carbocycles. The van der Waals surface area contributed by atoms with Crippen molar-refractivity contribution in [2.45, 2.75) is 32.4 Å². The predicted octanol–water partition coefficient (Wildman–Crippen LogP) is 2.91. The van der Waals surface area contributed by atoms with Crippen LogP contribution in [-0.2, 0) is 4.79 Å². The molecule has 3 nitrogen and oxygen atoms in total. The normalized spacial score (nSPS) is 14.4. The van der Waals surface area contributed by atoms with Crippen molar-refractivity contribution in [1.82, 2.24) is 5.32 Å². The van der Waals surface area contributed by atoms with Gasteiger partial charge in [-0.25, -0.2) is 0 Å². The van der Waals surface area contributed by atoms with Gasteiger partial charge in [0.15, 0.2) is 0 Å². The molecule has 5 heteroatoms. The third-order valence-electron chi connectivity index (χ3n) is 2.63. The second-order valence-corrected chi connectivity index (χ2v) is 4.76. The Balaban J connectivity index is 2.82. The number of rotatable bonds is 5. The summed E-state index contributed by atoms with van der Waals surface area (Å²) in [6, 6.07) is 4.89. The highest BCUT2D eigenvalue weighted by molar-refractivity contribution is 6.35. The van der Waals surface area contributed by atoms with Crippen LogP contribution in [-0.4, -0.2) is 11.9 Å². The third kappa shape index (κ3) is 3.87. The van der Waals surface area contributed by atoms with Crippen LogP contribution in [0, 0.1) is 0 Å². The minimum atomic E-state index is -0.357. The van der Waals surface area contributed by atoms with Crippen molar-refractivity contribution >= 4 is 29.1 Å². The van der Waals surface area contributed by atoms with Gasteiger partial charge in [-0.15, -0.1) is 0 Å². The van der Waals surface area contributed by atoms with Crippen LogP contribution in [0.3, 0.4) is 0 Å². The Labute approximate surface area is 111 Å². The van der Waals surface area contributed by atoms with E-state index in [1.165, 1.54) is 0 Å². The van der Waals surface area contributed by atoms with E-state index in [9.17, 15) is 4.79 Å². The lowest BCUT2D eigenvalue weighted by molar-refractivity contribution is -0.120. The highest BCUT2D eigenvalue weighted by Crippen LogP contribution is 2.26. The van der Waals surface area contributed by atoms with Gasteiger partial charge in [0.05, 0.1) is 6.04 Å². The van der Waals surface area contributed by atoms with Gasteiger partial charge in [0.1, 0.15) is 0 Å². The van der Waals surface area contributed by atoms with E-state index < -0.39 is 0 Å². The Bertz CT molecular complexity index is 409. The first-order valence-electron chi connectivity index (χ1n) is 5.46. The Hall–Kier alpha value is -0.770. The van der Waals surface area contributed by atoms with Crippen LogP contribution in [0.25, 0.3) is 0 Å². The maximum Gasteiger partial charge on any atom is 0.234 e. The molecule has 1 amide bonds. The number of benzene rings is 1. The third-order valence-corrected chi connectivity index (χ3v) is 3.19. The van der Waals surface area contributed by atoms with Gasteiger partial charge in [0.25, 0.3) is 0 Å². The monoisotopic (exact) mass is 274 g/mol. The van der Waals surface area contributed by atoms with Gasteiger partial charge < -0.3 is 5.73 Å². The fourth-order valence-corrected chi connectivity index (χ4v) is 2.22. The fraction of sp³-hybridized carbons (Fsp3) is 0.417. The number of carbonyl (C=O) groups is 1. The first-order chi connectivity index (χ1) is 7.95. The molecule has 0 aromatic heterocycles. The second kappa shape index (κ2) is 6.24. The summed E-state index contributed by atoms with van der Waals surface area (Å²) in [6.45, 7) is 3.83. The number of primary amides is 1. The summed E-state index contributed by atoms with van der Waals surface area (Å²) >= 11 is 11.9. The quantitative estimate of drug-likeness (QED) is 0.868. The number of nitrogens with two attached hydrogens (primary N) is 1. The van der Waals surface area contributed by atoms with E-state index in [0.717, 1.165) is 5.56 Å². The van der Waals surface area contributed by atoms with Gasteiger partial charge in [-0.05, 0) is 31.0 Å². The van der Waals surface area contributed by atoms with Crippen molar-refractivity contribution < 1.29 is 4.79 Å². The van der Waals surface area contributed by atoms with Gasteiger partial charge >= 0.3 is 0 Å². The van der Waals surface area contributed by atoms with Crippen LogP contribution in [0.15, 0.2) is 18.2 Å². The summed E-state index contributed by atoms with van der Waals surface area (Å²) in [7, 11) is 0. The van der Waals surface area contributed by atoms with Crippen LogP contribution in [0.4, 0.5) is 0 Å². The van der Waals surface area contributed by atoms with Crippen molar-refractivity contribution in [3.63, 3.8) is 0 Å². The van der Waals surface area contributed by atoms with E-state index in [4.69, 9.17) is 28.9 Å². The van der Waals surface area contributed by atoms with Crippen LogP contribution in [0.1, 0.15) is 31.9 Å². The Morgan fingerprint density at radius 3 is 2.59 bits per heavy atom. The lowest BCUT2D eigenvalue weighted by Gasteiger charge is -2.21. The molecule has 0 spiro atoms. The number of nitrogens with one attached hydrogen (secondary N) is 1. The lowest BCUT2D eigenvalue weighted by atomic mass is 10.1. The van der Waals surface area contributed by atoms with Gasteiger partial charge in [-0.3, -0.25) is 10.1 Å². The summed E-state index contributed by atoms with van der Waals surface area (Å²) in [5.41, 5.74) is 6.18. The van der Waals surface area contributed by atoms with E-state index >= 15 is 0 Å². The lowest BCUT2D eigenvalue weighted by Crippen LogP contribution is -2.41. The molecule has 1 aromatic rings. The van der Waals surface area contributed by atoms with Crippen LogP contribution in [0.5, 0.6) is 0 Å². The van der Waals surface area contributed by atoms with Crippen LogP contribution < -0.4 is 11.1 Å². The summed E-state index contributed by atoms with van der Waals surface area (Å²) in [5.74, 6) is -0.357. The molecule has 0 fully saturated rings. The van der Waals surface area contributed by atoms with Crippen molar-refractivity contribution in [3.05, 3.63) is 33.8 Å².